The van der Waals surface area contributed by atoms with Gasteiger partial charge >= 0.3 is 11.9 Å². The predicted molar refractivity (Wildman–Crippen MR) is 221 cm³/mol. The fraction of sp³-hybridized carbons (Fsp3) is 0.957. The number of aliphatic hydroxyl groups is 1. The van der Waals surface area contributed by atoms with Crippen molar-refractivity contribution in [2.45, 2.75) is 245 Å². The molecular weight excluding hydrogens is 647 g/mol. The zero-order valence-electron chi connectivity index (χ0n) is 35.2. The Morgan fingerprint density at radius 2 is 1.00 bits per heavy atom. The van der Waals surface area contributed by atoms with E-state index in [0.717, 1.165) is 96.7 Å². The number of esters is 2. The molecule has 1 N–H and O–H groups in total. The maximum absolute atomic E-state index is 13.4. The monoisotopic (exact) mass is 736 g/mol. The van der Waals surface area contributed by atoms with E-state index >= 15 is 0 Å². The van der Waals surface area contributed by atoms with Crippen LogP contribution >= 0.6 is 0 Å². The summed E-state index contributed by atoms with van der Waals surface area (Å²) in [5, 5.41) is 9.60. The summed E-state index contributed by atoms with van der Waals surface area (Å²) in [7, 11) is 0. The van der Waals surface area contributed by atoms with Crippen molar-refractivity contribution in [3.8, 4) is 0 Å². The summed E-state index contributed by atoms with van der Waals surface area (Å²) >= 11 is 0. The Morgan fingerprint density at radius 1 is 0.558 bits per heavy atom. The number of nitrogens with zero attached hydrogens (tertiary/aromatic N) is 1. The van der Waals surface area contributed by atoms with Crippen LogP contribution < -0.4 is 0 Å². The molecule has 0 unspecified atom stereocenters. The van der Waals surface area contributed by atoms with E-state index in [2.05, 4.69) is 25.7 Å². The average molecular weight is 736 g/mol. The second kappa shape index (κ2) is 35.6. The number of carbonyl (C=O) groups excluding carboxylic acids is 2. The van der Waals surface area contributed by atoms with Crippen molar-refractivity contribution in [2.75, 3.05) is 32.8 Å². The molecule has 1 fully saturated rings. The molecule has 52 heavy (non-hydrogen) atoms. The summed E-state index contributed by atoms with van der Waals surface area (Å²) < 4.78 is 11.7. The van der Waals surface area contributed by atoms with Crippen LogP contribution in [0.5, 0.6) is 0 Å². The number of ether oxygens (including phenoxy) is 2. The minimum absolute atomic E-state index is 0.0240. The van der Waals surface area contributed by atoms with Crippen molar-refractivity contribution < 1.29 is 24.2 Å². The van der Waals surface area contributed by atoms with Crippen molar-refractivity contribution in [1.29, 1.82) is 0 Å². The van der Waals surface area contributed by atoms with Crippen LogP contribution in [0.2, 0.25) is 0 Å². The number of hydrogen-bond acceptors (Lipinski definition) is 6. The van der Waals surface area contributed by atoms with E-state index in [1.165, 1.54) is 135 Å². The normalized spacial score (nSPS) is 13.7. The fourth-order valence-corrected chi connectivity index (χ4v) is 7.63. The van der Waals surface area contributed by atoms with Gasteiger partial charge in [0.2, 0.25) is 0 Å². The van der Waals surface area contributed by atoms with Crippen LogP contribution in [0.4, 0.5) is 0 Å². The quantitative estimate of drug-likeness (QED) is 0.0498. The van der Waals surface area contributed by atoms with Gasteiger partial charge in [-0.25, -0.2) is 0 Å². The first-order valence-corrected chi connectivity index (χ1v) is 23.2. The van der Waals surface area contributed by atoms with E-state index < -0.39 is 0 Å². The number of hydrogen-bond donors (Lipinski definition) is 1. The third-order valence-corrected chi connectivity index (χ3v) is 11.5. The van der Waals surface area contributed by atoms with Gasteiger partial charge in [-0.3, -0.25) is 9.59 Å². The number of unbranched alkanes of at least 4 members (excludes halogenated alkanes) is 23. The molecule has 0 saturated heterocycles. The molecule has 0 aromatic rings. The number of rotatable bonds is 41. The second-order valence-corrected chi connectivity index (χ2v) is 16.5. The molecule has 0 heterocycles. The van der Waals surface area contributed by atoms with Gasteiger partial charge in [-0.05, 0) is 83.7 Å². The van der Waals surface area contributed by atoms with E-state index in [1.54, 1.807) is 0 Å². The van der Waals surface area contributed by atoms with Crippen molar-refractivity contribution in [3.05, 3.63) is 0 Å². The predicted octanol–water partition coefficient (Wildman–Crippen LogP) is 13.1. The van der Waals surface area contributed by atoms with Gasteiger partial charge < -0.3 is 19.5 Å². The van der Waals surface area contributed by atoms with E-state index in [4.69, 9.17) is 9.47 Å². The zero-order valence-corrected chi connectivity index (χ0v) is 35.2. The molecule has 0 aliphatic heterocycles. The van der Waals surface area contributed by atoms with Gasteiger partial charge in [-0.15, -0.1) is 0 Å². The van der Waals surface area contributed by atoms with Gasteiger partial charge in [0.05, 0.1) is 18.6 Å². The van der Waals surface area contributed by atoms with Crippen LogP contribution in [0.3, 0.4) is 0 Å². The molecule has 1 aliphatic rings. The van der Waals surface area contributed by atoms with Crippen LogP contribution in [-0.4, -0.2) is 60.9 Å². The standard InChI is InChI=1S/C46H89NO5/c1-4-7-10-13-16-20-27-34-44(49)51-42-31-24-17-22-29-38-47(40-41-48)39-30-23-21-28-35-46(36-37-46)45(50)52-43(32-25-18-14-11-8-5-2)33-26-19-15-12-9-6-3/h43,48H,4-42H2,1-3H3. The smallest absolute Gasteiger partial charge is 0.312 e. The summed E-state index contributed by atoms with van der Waals surface area (Å²) in [5.74, 6) is 0.0902. The molecule has 0 atom stereocenters. The first-order valence-electron chi connectivity index (χ1n) is 23.2. The lowest BCUT2D eigenvalue weighted by Crippen LogP contribution is -2.29. The highest BCUT2D eigenvalue weighted by molar-refractivity contribution is 5.80. The molecule has 1 rings (SSSR count). The molecule has 6 heteroatoms. The van der Waals surface area contributed by atoms with Gasteiger partial charge in [-0.2, -0.15) is 0 Å². The lowest BCUT2D eigenvalue weighted by molar-refractivity contribution is -0.157. The summed E-state index contributed by atoms with van der Waals surface area (Å²) in [5.41, 5.74) is -0.182. The van der Waals surface area contributed by atoms with Crippen LogP contribution in [0.15, 0.2) is 0 Å². The highest BCUT2D eigenvalue weighted by Gasteiger charge is 2.51. The van der Waals surface area contributed by atoms with Gasteiger partial charge in [0, 0.05) is 13.0 Å². The van der Waals surface area contributed by atoms with E-state index in [1.807, 2.05) is 0 Å². The lowest BCUT2D eigenvalue weighted by Gasteiger charge is -2.22. The molecule has 6 nitrogen and oxygen atoms in total. The van der Waals surface area contributed by atoms with Crippen molar-refractivity contribution >= 4 is 11.9 Å². The summed E-state index contributed by atoms with van der Waals surface area (Å²) in [6.07, 6.45) is 40.0. The highest BCUT2D eigenvalue weighted by Crippen LogP contribution is 2.51. The first-order chi connectivity index (χ1) is 25.5. The summed E-state index contributed by atoms with van der Waals surface area (Å²) in [6.45, 7) is 10.4. The topological polar surface area (TPSA) is 76.1 Å². The molecule has 0 radical (unpaired) electrons. The Morgan fingerprint density at radius 3 is 1.50 bits per heavy atom. The summed E-state index contributed by atoms with van der Waals surface area (Å²) in [4.78, 5) is 27.8. The SMILES string of the molecule is CCCCCCCCCC(=O)OCCCCCCCN(CCO)CCCCCCC1(C(=O)OC(CCCCCCCC)CCCCCCCC)CC1. The highest BCUT2D eigenvalue weighted by atomic mass is 16.5. The average Bonchev–Trinajstić information content (AvgIpc) is 3.94. The molecule has 0 aromatic carbocycles. The molecule has 1 aliphatic carbocycles. The van der Waals surface area contributed by atoms with E-state index in [9.17, 15) is 14.7 Å². The van der Waals surface area contributed by atoms with Gasteiger partial charge in [0.25, 0.3) is 0 Å². The van der Waals surface area contributed by atoms with E-state index in [0.29, 0.717) is 13.0 Å². The van der Waals surface area contributed by atoms with Gasteiger partial charge in [0.15, 0.2) is 0 Å². The zero-order chi connectivity index (χ0) is 37.8. The van der Waals surface area contributed by atoms with Crippen LogP contribution in [0.1, 0.15) is 239 Å². The van der Waals surface area contributed by atoms with Crippen LogP contribution in [0.25, 0.3) is 0 Å². The molecule has 308 valence electrons. The molecule has 0 aromatic heterocycles. The Bertz CT molecular complexity index is 784. The third-order valence-electron chi connectivity index (χ3n) is 11.5. The van der Waals surface area contributed by atoms with Crippen molar-refractivity contribution in [2.24, 2.45) is 5.41 Å². The van der Waals surface area contributed by atoms with E-state index in [-0.39, 0.29) is 30.1 Å². The molecular formula is C46H89NO5. The Balaban J connectivity index is 2.17. The number of aliphatic hydroxyl groups excluding tert-OH is 1. The molecule has 0 amide bonds. The maximum atomic E-state index is 13.4. The first kappa shape index (κ1) is 48.9. The van der Waals surface area contributed by atoms with Crippen molar-refractivity contribution in [3.63, 3.8) is 0 Å². The minimum atomic E-state index is -0.182. The molecule has 0 bridgehead atoms. The Kier molecular flexibility index (Phi) is 33.4. The summed E-state index contributed by atoms with van der Waals surface area (Å²) in [6, 6.07) is 0. The van der Waals surface area contributed by atoms with Gasteiger partial charge in [0.1, 0.15) is 6.10 Å². The Hall–Kier alpha value is -1.14. The number of carbonyl (C=O) groups is 2. The van der Waals surface area contributed by atoms with Crippen LogP contribution in [0, 0.1) is 5.41 Å². The molecule has 1 saturated carbocycles. The maximum Gasteiger partial charge on any atom is 0.312 e. The van der Waals surface area contributed by atoms with Gasteiger partial charge in [-0.1, -0.05) is 162 Å². The fourth-order valence-electron chi connectivity index (χ4n) is 7.63. The largest absolute Gasteiger partial charge is 0.466 e. The van der Waals surface area contributed by atoms with Crippen LogP contribution in [-0.2, 0) is 19.1 Å². The van der Waals surface area contributed by atoms with Crippen molar-refractivity contribution in [1.82, 2.24) is 4.90 Å². The Labute approximate surface area is 323 Å². The third kappa shape index (κ3) is 28.3. The lowest BCUT2D eigenvalue weighted by atomic mass is 9.97. The second-order valence-electron chi connectivity index (χ2n) is 16.5. The minimum Gasteiger partial charge on any atom is -0.466 e. The molecule has 0 spiro atoms.